The van der Waals surface area contributed by atoms with Crippen molar-refractivity contribution < 1.29 is 4.79 Å². The van der Waals surface area contributed by atoms with Gasteiger partial charge in [-0.05, 0) is 44.1 Å². The van der Waals surface area contributed by atoms with Crippen LogP contribution in [0.5, 0.6) is 0 Å². The molecule has 3 aromatic rings. The van der Waals surface area contributed by atoms with Crippen LogP contribution in [0.2, 0.25) is 0 Å². The minimum Gasteiger partial charge on any atom is -0.350 e. The number of urea groups is 1. The molecule has 2 N–H and O–H groups in total. The van der Waals surface area contributed by atoms with Crippen molar-refractivity contribution in [3.05, 3.63) is 71.9 Å². The highest BCUT2D eigenvalue weighted by molar-refractivity contribution is 5.84. The minimum atomic E-state index is -0.111. The lowest BCUT2D eigenvalue weighted by molar-refractivity contribution is 0.233. The molecule has 5 nitrogen and oxygen atoms in total. The third kappa shape index (κ3) is 4.93. The molecule has 0 saturated carbocycles. The van der Waals surface area contributed by atoms with Gasteiger partial charge in [-0.25, -0.2) is 4.79 Å². The van der Waals surface area contributed by atoms with E-state index in [9.17, 15) is 4.79 Å². The van der Waals surface area contributed by atoms with Gasteiger partial charge in [-0.2, -0.15) is 0 Å². The van der Waals surface area contributed by atoms with E-state index >= 15 is 0 Å². The Morgan fingerprint density at radius 1 is 1.04 bits per heavy atom. The van der Waals surface area contributed by atoms with E-state index in [0.717, 1.165) is 12.8 Å². The largest absolute Gasteiger partial charge is 0.350 e. The number of hydrogen-bond acceptors (Lipinski definition) is 2. The first-order valence-corrected chi connectivity index (χ1v) is 9.82. The Bertz CT molecular complexity index is 901. The fourth-order valence-corrected chi connectivity index (χ4v) is 3.60. The standard InChI is InChI=1S/C23H30N4O/c1-26(2)22(20-17-27(3)21-14-8-7-13-19(20)21)16-25-23(28)24-15-9-12-18-10-5-4-6-11-18/h4-8,10-11,13-14,17,22H,9,12,15-16H2,1-3H3,(H2,24,25,28). The molecule has 0 aliphatic heterocycles. The van der Waals surface area contributed by atoms with Crippen molar-refractivity contribution in [1.29, 1.82) is 0 Å². The maximum absolute atomic E-state index is 12.2. The van der Waals surface area contributed by atoms with Crippen molar-refractivity contribution in [2.24, 2.45) is 7.05 Å². The van der Waals surface area contributed by atoms with E-state index in [4.69, 9.17) is 0 Å². The van der Waals surface area contributed by atoms with Crippen molar-refractivity contribution >= 4 is 16.9 Å². The first kappa shape index (κ1) is 20.0. The molecule has 2 aromatic carbocycles. The van der Waals surface area contributed by atoms with Gasteiger partial charge in [0, 0.05) is 37.2 Å². The van der Waals surface area contributed by atoms with E-state index < -0.39 is 0 Å². The number of amides is 2. The van der Waals surface area contributed by atoms with Crippen LogP contribution in [-0.4, -0.2) is 42.7 Å². The summed E-state index contributed by atoms with van der Waals surface area (Å²) >= 11 is 0. The summed E-state index contributed by atoms with van der Waals surface area (Å²) in [5, 5.41) is 7.23. The molecule has 3 rings (SSSR count). The summed E-state index contributed by atoms with van der Waals surface area (Å²) in [7, 11) is 6.16. The third-order valence-electron chi connectivity index (χ3n) is 5.14. The Morgan fingerprint density at radius 3 is 2.50 bits per heavy atom. The topological polar surface area (TPSA) is 49.3 Å². The molecule has 5 heteroatoms. The number of likely N-dealkylation sites (N-methyl/N-ethyl adjacent to an activating group) is 1. The van der Waals surface area contributed by atoms with E-state index in [2.05, 4.69) is 69.7 Å². The second-order valence-corrected chi connectivity index (χ2v) is 7.42. The summed E-state index contributed by atoms with van der Waals surface area (Å²) < 4.78 is 2.14. The van der Waals surface area contributed by atoms with Gasteiger partial charge in [-0.1, -0.05) is 48.5 Å². The summed E-state index contributed by atoms with van der Waals surface area (Å²) in [6, 6.07) is 18.7. The van der Waals surface area contributed by atoms with Gasteiger partial charge in [0.05, 0.1) is 6.04 Å². The van der Waals surface area contributed by atoms with Crippen molar-refractivity contribution in [1.82, 2.24) is 20.1 Å². The Balaban J connectivity index is 1.52. The molecular formula is C23H30N4O. The van der Waals surface area contributed by atoms with Crippen molar-refractivity contribution in [3.8, 4) is 0 Å². The van der Waals surface area contributed by atoms with Crippen LogP contribution in [0, 0.1) is 0 Å². The molecule has 0 aliphatic rings. The van der Waals surface area contributed by atoms with E-state index in [-0.39, 0.29) is 12.1 Å². The summed E-state index contributed by atoms with van der Waals surface area (Å²) in [6.07, 6.45) is 4.06. The highest BCUT2D eigenvalue weighted by atomic mass is 16.2. The molecule has 0 radical (unpaired) electrons. The quantitative estimate of drug-likeness (QED) is 0.587. The van der Waals surface area contributed by atoms with Crippen LogP contribution in [0.4, 0.5) is 4.79 Å². The molecule has 0 fully saturated rings. The second-order valence-electron chi connectivity index (χ2n) is 7.42. The van der Waals surface area contributed by atoms with Crippen molar-refractivity contribution in [2.75, 3.05) is 27.2 Å². The Kier molecular flexibility index (Phi) is 6.71. The maximum Gasteiger partial charge on any atom is 0.314 e. The van der Waals surface area contributed by atoms with Crippen LogP contribution in [-0.2, 0) is 13.5 Å². The Hall–Kier alpha value is -2.79. The van der Waals surface area contributed by atoms with Crippen molar-refractivity contribution in [2.45, 2.75) is 18.9 Å². The predicted molar refractivity (Wildman–Crippen MR) is 116 cm³/mol. The number of carbonyl (C=O) groups is 1. The number of aryl methyl sites for hydroxylation is 2. The minimum absolute atomic E-state index is 0.111. The normalized spacial score (nSPS) is 12.3. The monoisotopic (exact) mass is 378 g/mol. The van der Waals surface area contributed by atoms with Gasteiger partial charge < -0.3 is 20.1 Å². The SMILES string of the molecule is CN(C)C(CNC(=O)NCCCc1ccccc1)c1cn(C)c2ccccc12. The van der Waals surface area contributed by atoms with Gasteiger partial charge in [0.25, 0.3) is 0 Å². The van der Waals surface area contributed by atoms with Crippen LogP contribution in [0.1, 0.15) is 23.6 Å². The number of fused-ring (bicyclic) bond motifs is 1. The number of rotatable bonds is 8. The summed E-state index contributed by atoms with van der Waals surface area (Å²) in [5.41, 5.74) is 3.73. The molecule has 1 heterocycles. The lowest BCUT2D eigenvalue weighted by Crippen LogP contribution is -2.40. The van der Waals surface area contributed by atoms with Crippen LogP contribution >= 0.6 is 0 Å². The Labute approximate surface area is 167 Å². The molecule has 0 bridgehead atoms. The number of para-hydroxylation sites is 1. The zero-order valence-electron chi connectivity index (χ0n) is 17.0. The average Bonchev–Trinajstić information content (AvgIpc) is 3.03. The predicted octanol–water partition coefficient (Wildman–Crippen LogP) is 3.71. The fraction of sp³-hybridized carbons (Fsp3) is 0.348. The number of benzene rings is 2. The molecule has 148 valence electrons. The van der Waals surface area contributed by atoms with E-state index in [1.807, 2.05) is 32.3 Å². The van der Waals surface area contributed by atoms with Crippen LogP contribution in [0.3, 0.4) is 0 Å². The zero-order chi connectivity index (χ0) is 19.9. The van der Waals surface area contributed by atoms with E-state index in [1.54, 1.807) is 0 Å². The number of nitrogens with zero attached hydrogens (tertiary/aromatic N) is 2. The molecule has 2 amide bonds. The van der Waals surface area contributed by atoms with E-state index in [1.165, 1.54) is 22.0 Å². The van der Waals surface area contributed by atoms with Gasteiger partial charge in [-0.3, -0.25) is 0 Å². The fourth-order valence-electron chi connectivity index (χ4n) is 3.60. The number of hydrogen-bond donors (Lipinski definition) is 2. The number of nitrogens with one attached hydrogen (secondary N) is 2. The Morgan fingerprint density at radius 2 is 1.75 bits per heavy atom. The molecule has 0 spiro atoms. The van der Waals surface area contributed by atoms with Gasteiger partial charge in [-0.15, -0.1) is 0 Å². The highest BCUT2D eigenvalue weighted by Crippen LogP contribution is 2.28. The molecule has 0 aliphatic carbocycles. The summed E-state index contributed by atoms with van der Waals surface area (Å²) in [6.45, 7) is 1.23. The van der Waals surface area contributed by atoms with Gasteiger partial charge >= 0.3 is 6.03 Å². The molecular weight excluding hydrogens is 348 g/mol. The van der Waals surface area contributed by atoms with Crippen LogP contribution in [0.15, 0.2) is 60.8 Å². The maximum atomic E-state index is 12.2. The average molecular weight is 379 g/mol. The second kappa shape index (κ2) is 9.42. The smallest absolute Gasteiger partial charge is 0.314 e. The lowest BCUT2D eigenvalue weighted by Gasteiger charge is -2.24. The zero-order valence-corrected chi connectivity index (χ0v) is 17.0. The van der Waals surface area contributed by atoms with Gasteiger partial charge in [0.15, 0.2) is 0 Å². The summed E-state index contributed by atoms with van der Waals surface area (Å²) in [5.74, 6) is 0. The molecule has 28 heavy (non-hydrogen) atoms. The van der Waals surface area contributed by atoms with Gasteiger partial charge in [0.1, 0.15) is 0 Å². The first-order valence-electron chi connectivity index (χ1n) is 9.82. The number of carbonyl (C=O) groups excluding carboxylic acids is 1. The van der Waals surface area contributed by atoms with Gasteiger partial charge in [0.2, 0.25) is 0 Å². The molecule has 0 saturated heterocycles. The van der Waals surface area contributed by atoms with E-state index in [0.29, 0.717) is 13.1 Å². The molecule has 1 atom stereocenters. The third-order valence-corrected chi connectivity index (χ3v) is 5.14. The lowest BCUT2D eigenvalue weighted by atomic mass is 10.0. The van der Waals surface area contributed by atoms with Crippen LogP contribution in [0.25, 0.3) is 10.9 Å². The highest BCUT2D eigenvalue weighted by Gasteiger charge is 2.19. The molecule has 1 aromatic heterocycles. The summed E-state index contributed by atoms with van der Waals surface area (Å²) in [4.78, 5) is 14.4. The molecule has 1 unspecified atom stereocenters. The van der Waals surface area contributed by atoms with Crippen molar-refractivity contribution in [3.63, 3.8) is 0 Å². The first-order chi connectivity index (χ1) is 13.6. The van der Waals surface area contributed by atoms with Crippen LogP contribution < -0.4 is 10.6 Å². The number of aromatic nitrogens is 1.